The van der Waals surface area contributed by atoms with E-state index < -0.39 is 5.91 Å². The summed E-state index contributed by atoms with van der Waals surface area (Å²) in [5, 5.41) is 1.79. The molecule has 0 unspecified atom stereocenters. The quantitative estimate of drug-likeness (QED) is 0.746. The lowest BCUT2D eigenvalue weighted by atomic mass is 10.0. The number of carbonyl (C=O) groups is 1. The van der Waals surface area contributed by atoms with Crippen molar-refractivity contribution in [3.8, 4) is 5.75 Å². The predicted octanol–water partition coefficient (Wildman–Crippen LogP) is 2.80. The van der Waals surface area contributed by atoms with E-state index in [9.17, 15) is 9.28 Å². The normalized spacial score (nSPS) is 10.3. The summed E-state index contributed by atoms with van der Waals surface area (Å²) in [6, 6.07) is 10.8. The third-order valence-corrected chi connectivity index (χ3v) is 2.59. The molecule has 4 heteroatoms. The average Bonchev–Trinajstić information content (AvgIpc) is 2.36. The molecule has 0 aliphatic heterocycles. The van der Waals surface area contributed by atoms with Crippen molar-refractivity contribution in [3.05, 3.63) is 42.0 Å². The molecule has 2 rings (SSSR count). The molecule has 0 fully saturated rings. The van der Waals surface area contributed by atoms with Crippen LogP contribution in [0, 0.1) is 0 Å². The van der Waals surface area contributed by atoms with Crippen molar-refractivity contribution in [1.82, 2.24) is 5.12 Å². The number of halogens is 1. The van der Waals surface area contributed by atoms with Gasteiger partial charge in [0, 0.05) is 12.4 Å². The molecule has 0 spiro atoms. The summed E-state index contributed by atoms with van der Waals surface area (Å²) in [5.74, 6) is -0.315. The van der Waals surface area contributed by atoms with Gasteiger partial charge in [-0.05, 0) is 11.5 Å². The molecule has 17 heavy (non-hydrogen) atoms. The number of ether oxygens (including phenoxy) is 1. The van der Waals surface area contributed by atoms with Crippen LogP contribution in [0.2, 0.25) is 0 Å². The molecule has 88 valence electrons. The zero-order valence-corrected chi connectivity index (χ0v) is 9.61. The highest BCUT2D eigenvalue weighted by molar-refractivity contribution is 6.03. The number of rotatable bonds is 2. The lowest BCUT2D eigenvalue weighted by Crippen LogP contribution is -2.18. The summed E-state index contributed by atoms with van der Waals surface area (Å²) < 4.78 is 18.1. The minimum atomic E-state index is -0.715. The van der Waals surface area contributed by atoms with E-state index in [4.69, 9.17) is 4.74 Å². The topological polar surface area (TPSA) is 29.5 Å². The van der Waals surface area contributed by atoms with Gasteiger partial charge in [0.15, 0.2) is 0 Å². The maximum absolute atomic E-state index is 12.9. The van der Waals surface area contributed by atoms with Crippen LogP contribution in [0.25, 0.3) is 10.8 Å². The maximum Gasteiger partial charge on any atom is 0.285 e. The van der Waals surface area contributed by atoms with Gasteiger partial charge in [0.05, 0.1) is 12.7 Å². The van der Waals surface area contributed by atoms with Crippen LogP contribution in [0.1, 0.15) is 10.4 Å². The summed E-state index contributed by atoms with van der Waals surface area (Å²) >= 11 is 0. The number of fused-ring (bicyclic) bond motifs is 1. The van der Waals surface area contributed by atoms with Gasteiger partial charge in [-0.1, -0.05) is 34.8 Å². The number of amides is 1. The number of hydrogen-bond acceptors (Lipinski definition) is 2. The number of nitrogens with zero attached hydrogens (tertiary/aromatic N) is 1. The van der Waals surface area contributed by atoms with Crippen molar-refractivity contribution < 1.29 is 14.0 Å². The smallest absolute Gasteiger partial charge is 0.285 e. The third-order valence-electron chi connectivity index (χ3n) is 2.59. The molecule has 0 aliphatic rings. The van der Waals surface area contributed by atoms with Crippen molar-refractivity contribution in [2.24, 2.45) is 0 Å². The monoisotopic (exact) mass is 233 g/mol. The van der Waals surface area contributed by atoms with E-state index in [-0.39, 0.29) is 10.7 Å². The first kappa shape index (κ1) is 11.4. The van der Waals surface area contributed by atoms with E-state index >= 15 is 0 Å². The Morgan fingerprint density at radius 3 is 2.59 bits per heavy atom. The maximum atomic E-state index is 12.9. The molecular formula is C13H12FNO2. The second-order valence-corrected chi connectivity index (χ2v) is 3.65. The average molecular weight is 233 g/mol. The van der Waals surface area contributed by atoms with Crippen LogP contribution < -0.4 is 4.74 Å². The molecule has 0 atom stereocenters. The first-order valence-corrected chi connectivity index (χ1v) is 5.14. The Bertz CT molecular complexity index is 566. The van der Waals surface area contributed by atoms with Crippen LogP contribution in [-0.4, -0.2) is 25.2 Å². The van der Waals surface area contributed by atoms with Crippen LogP contribution in [0.15, 0.2) is 36.4 Å². The summed E-state index contributed by atoms with van der Waals surface area (Å²) in [6.45, 7) is 0. The molecule has 2 aromatic carbocycles. The molecule has 0 saturated carbocycles. The van der Waals surface area contributed by atoms with Gasteiger partial charge in [0.1, 0.15) is 5.75 Å². The van der Waals surface area contributed by atoms with Crippen LogP contribution in [0.3, 0.4) is 0 Å². The number of methoxy groups -OCH3 is 1. The van der Waals surface area contributed by atoms with Gasteiger partial charge in [-0.2, -0.15) is 5.12 Å². The van der Waals surface area contributed by atoms with Crippen LogP contribution >= 0.6 is 0 Å². The Morgan fingerprint density at radius 2 is 1.94 bits per heavy atom. The van der Waals surface area contributed by atoms with Gasteiger partial charge in [0.25, 0.3) is 5.91 Å². The molecule has 0 radical (unpaired) electrons. The standard InChI is InChI=1S/C13H12FNO2/c1-15(14)13(16)11-8-7-9-5-3-4-6-10(9)12(11)17-2/h3-8H,1-2H3. The van der Waals surface area contributed by atoms with Crippen LogP contribution in [0.4, 0.5) is 4.48 Å². The Kier molecular flexibility index (Phi) is 2.95. The van der Waals surface area contributed by atoms with Gasteiger partial charge in [-0.15, -0.1) is 0 Å². The second-order valence-electron chi connectivity index (χ2n) is 3.65. The summed E-state index contributed by atoms with van der Waals surface area (Å²) in [6.07, 6.45) is 0. The van der Waals surface area contributed by atoms with Crippen molar-refractivity contribution in [3.63, 3.8) is 0 Å². The first-order chi connectivity index (χ1) is 8.15. The Balaban J connectivity index is 2.69. The van der Waals surface area contributed by atoms with Gasteiger partial charge in [-0.3, -0.25) is 4.79 Å². The molecule has 2 aromatic rings. The molecular weight excluding hydrogens is 221 g/mol. The minimum absolute atomic E-state index is 0.0482. The highest BCUT2D eigenvalue weighted by Crippen LogP contribution is 2.30. The number of carbonyl (C=O) groups excluding carboxylic acids is 1. The van der Waals surface area contributed by atoms with Crippen LogP contribution in [-0.2, 0) is 0 Å². The van der Waals surface area contributed by atoms with Crippen molar-refractivity contribution in [2.45, 2.75) is 0 Å². The van der Waals surface area contributed by atoms with Gasteiger partial charge < -0.3 is 4.74 Å². The van der Waals surface area contributed by atoms with E-state index in [1.54, 1.807) is 12.1 Å². The lowest BCUT2D eigenvalue weighted by Gasteiger charge is -2.12. The second kappa shape index (κ2) is 4.41. The van der Waals surface area contributed by atoms with E-state index in [1.807, 2.05) is 24.3 Å². The number of benzene rings is 2. The van der Waals surface area contributed by atoms with Gasteiger partial charge in [-0.25, -0.2) is 0 Å². The molecule has 0 aliphatic carbocycles. The van der Waals surface area contributed by atoms with E-state index in [2.05, 4.69) is 0 Å². The fourth-order valence-corrected chi connectivity index (χ4v) is 1.80. The summed E-state index contributed by atoms with van der Waals surface area (Å²) in [7, 11) is 2.54. The SMILES string of the molecule is COc1c(C(=O)N(C)F)ccc2ccccc12. The zero-order valence-electron chi connectivity index (χ0n) is 9.61. The lowest BCUT2D eigenvalue weighted by molar-refractivity contribution is 0.0340. The van der Waals surface area contributed by atoms with Crippen LogP contribution in [0.5, 0.6) is 5.75 Å². The van der Waals surface area contributed by atoms with E-state index in [0.29, 0.717) is 5.75 Å². The predicted molar refractivity (Wildman–Crippen MR) is 63.7 cm³/mol. The molecule has 0 heterocycles. The van der Waals surface area contributed by atoms with E-state index in [0.717, 1.165) is 17.8 Å². The fraction of sp³-hybridized carbons (Fsp3) is 0.154. The fourth-order valence-electron chi connectivity index (χ4n) is 1.80. The highest BCUT2D eigenvalue weighted by atomic mass is 19.2. The summed E-state index contributed by atoms with van der Waals surface area (Å²) in [5.41, 5.74) is 0.219. The minimum Gasteiger partial charge on any atom is -0.495 e. The highest BCUT2D eigenvalue weighted by Gasteiger charge is 2.18. The molecule has 1 amide bonds. The first-order valence-electron chi connectivity index (χ1n) is 5.14. The Hall–Kier alpha value is -2.10. The van der Waals surface area contributed by atoms with Gasteiger partial charge >= 0.3 is 0 Å². The van der Waals surface area contributed by atoms with Gasteiger partial charge in [0.2, 0.25) is 0 Å². The van der Waals surface area contributed by atoms with Crippen molar-refractivity contribution in [1.29, 1.82) is 0 Å². The largest absolute Gasteiger partial charge is 0.495 e. The van der Waals surface area contributed by atoms with Crippen molar-refractivity contribution >= 4 is 16.7 Å². The van der Waals surface area contributed by atoms with Crippen molar-refractivity contribution in [2.75, 3.05) is 14.2 Å². The molecule has 0 aromatic heterocycles. The number of hydrogen-bond donors (Lipinski definition) is 0. The molecule has 0 N–H and O–H groups in total. The third kappa shape index (κ3) is 1.93. The Labute approximate surface area is 98.3 Å². The zero-order chi connectivity index (χ0) is 12.4. The Morgan fingerprint density at radius 1 is 1.24 bits per heavy atom. The molecule has 0 bridgehead atoms. The van der Waals surface area contributed by atoms with E-state index in [1.165, 1.54) is 7.11 Å². The molecule has 0 saturated heterocycles. The summed E-state index contributed by atoms with van der Waals surface area (Å²) in [4.78, 5) is 11.6. The molecule has 3 nitrogen and oxygen atoms in total.